The van der Waals surface area contributed by atoms with Gasteiger partial charge in [0.2, 0.25) is 0 Å². The highest BCUT2D eigenvalue weighted by Crippen LogP contribution is 2.42. The molecule has 1 heterocycles. The molecular weight excluding hydrogens is 332 g/mol. The van der Waals surface area contributed by atoms with E-state index in [0.29, 0.717) is 18.2 Å². The molecule has 128 valence electrons. The number of pyridine rings is 1. The molecule has 0 N–H and O–H groups in total. The van der Waals surface area contributed by atoms with Crippen LogP contribution in [0.5, 0.6) is 0 Å². The minimum Gasteiger partial charge on any atom is -0.373 e. The maximum absolute atomic E-state index is 12.6. The van der Waals surface area contributed by atoms with E-state index >= 15 is 0 Å². The van der Waals surface area contributed by atoms with Crippen molar-refractivity contribution in [3.8, 4) is 0 Å². The van der Waals surface area contributed by atoms with Crippen LogP contribution < -0.4 is 5.56 Å². The Morgan fingerprint density at radius 1 is 1.24 bits per heavy atom. The summed E-state index contributed by atoms with van der Waals surface area (Å²) in [5, 5.41) is 2.33. The molecule has 1 aromatic heterocycles. The van der Waals surface area contributed by atoms with Gasteiger partial charge in [0.25, 0.3) is 5.56 Å². The van der Waals surface area contributed by atoms with E-state index < -0.39 is 0 Å². The predicted molar refractivity (Wildman–Crippen MR) is 101 cm³/mol. The van der Waals surface area contributed by atoms with Crippen molar-refractivity contribution in [2.45, 2.75) is 50.4 Å². The topological polar surface area (TPSA) is 43.6 Å². The van der Waals surface area contributed by atoms with Crippen LogP contribution in [-0.4, -0.2) is 15.8 Å². The Hall–Kier alpha value is -2.07. The van der Waals surface area contributed by atoms with E-state index in [1.165, 1.54) is 24.0 Å². The van der Waals surface area contributed by atoms with Crippen molar-refractivity contribution >= 4 is 23.1 Å². The maximum Gasteiger partial charge on any atom is 0.277 e. The molecule has 0 spiro atoms. The zero-order valence-electron chi connectivity index (χ0n) is 13.9. The van der Waals surface area contributed by atoms with Crippen molar-refractivity contribution in [3.05, 3.63) is 64.1 Å². The van der Waals surface area contributed by atoms with Crippen LogP contribution in [0.1, 0.15) is 48.8 Å². The van der Waals surface area contributed by atoms with Crippen LogP contribution in [0.4, 0.5) is 5.69 Å². The maximum atomic E-state index is 12.6. The van der Waals surface area contributed by atoms with Crippen molar-refractivity contribution in [2.24, 2.45) is 4.99 Å². The minimum absolute atomic E-state index is 0.0757. The van der Waals surface area contributed by atoms with Crippen LogP contribution in [-0.2, 0) is 11.3 Å². The molecule has 2 aromatic rings. The molecule has 1 aromatic carbocycles. The smallest absolute Gasteiger partial charge is 0.277 e. The Kier molecular flexibility index (Phi) is 4.62. The quantitative estimate of drug-likeness (QED) is 0.572. The first kappa shape index (κ1) is 16.4. The Morgan fingerprint density at radius 3 is 2.68 bits per heavy atom. The number of hydrogen-bond acceptors (Lipinski definition) is 4. The Balaban J connectivity index is 1.44. The number of ether oxygens (including phenoxy) is 1. The number of hydrogen-bond donors (Lipinski definition) is 0. The zero-order valence-corrected chi connectivity index (χ0v) is 14.7. The summed E-state index contributed by atoms with van der Waals surface area (Å²) in [5.74, 6) is 0.566. The highest BCUT2D eigenvalue weighted by atomic mass is 32.1. The first-order valence-electron chi connectivity index (χ1n) is 8.74. The number of aromatic nitrogens is 1. The van der Waals surface area contributed by atoms with Crippen LogP contribution in [0, 0.1) is 0 Å². The molecule has 0 unspecified atom stereocenters. The third-order valence-electron chi connectivity index (χ3n) is 5.05. The lowest BCUT2D eigenvalue weighted by Gasteiger charge is -2.36. The summed E-state index contributed by atoms with van der Waals surface area (Å²) in [6, 6.07) is 12.2. The second-order valence-electron chi connectivity index (χ2n) is 6.89. The predicted octanol–water partition coefficient (Wildman–Crippen LogP) is 4.38. The van der Waals surface area contributed by atoms with E-state index in [9.17, 15) is 4.79 Å². The average molecular weight is 352 g/mol. The van der Waals surface area contributed by atoms with Gasteiger partial charge in [-0.3, -0.25) is 4.79 Å². The summed E-state index contributed by atoms with van der Waals surface area (Å²) in [7, 11) is 0. The van der Waals surface area contributed by atoms with Gasteiger partial charge >= 0.3 is 0 Å². The van der Waals surface area contributed by atoms with Crippen molar-refractivity contribution < 1.29 is 4.74 Å². The zero-order chi connectivity index (χ0) is 17.2. The fraction of sp³-hybridized carbons (Fsp3) is 0.400. The normalized spacial score (nSPS) is 22.1. The molecule has 25 heavy (non-hydrogen) atoms. The SMILES string of the molecule is O=c1c(N=C=S)cc(C2CC2)cn1[C@H]1C[C@H](OCc2ccccc2)C1. The van der Waals surface area contributed by atoms with Crippen LogP contribution in [0.2, 0.25) is 0 Å². The molecule has 2 aliphatic carbocycles. The fourth-order valence-electron chi connectivity index (χ4n) is 3.34. The summed E-state index contributed by atoms with van der Waals surface area (Å²) in [6.45, 7) is 0.621. The fourth-order valence-corrected chi connectivity index (χ4v) is 3.44. The molecule has 4 rings (SSSR count). The first-order chi connectivity index (χ1) is 12.2. The van der Waals surface area contributed by atoms with Crippen molar-refractivity contribution in [1.82, 2.24) is 4.57 Å². The number of rotatable bonds is 6. The molecule has 2 saturated carbocycles. The standard InChI is InChI=1S/C20H20N2O2S/c23-20-19(21-13-25)8-16(15-6-7-15)11-22(20)17-9-18(10-17)24-12-14-4-2-1-3-5-14/h1-5,8,11,15,17-18H,6-7,9-10,12H2/t17-,18-. The Bertz CT molecular complexity index is 861. The number of nitrogens with zero attached hydrogens (tertiary/aromatic N) is 2. The highest BCUT2D eigenvalue weighted by molar-refractivity contribution is 7.78. The molecule has 0 atom stereocenters. The van der Waals surface area contributed by atoms with Gasteiger partial charge in [0, 0.05) is 12.2 Å². The highest BCUT2D eigenvalue weighted by Gasteiger charge is 2.33. The van der Waals surface area contributed by atoms with E-state index in [1.807, 2.05) is 35.0 Å². The molecule has 0 amide bonds. The van der Waals surface area contributed by atoms with Crippen molar-refractivity contribution in [3.63, 3.8) is 0 Å². The van der Waals surface area contributed by atoms with E-state index in [-0.39, 0.29) is 17.7 Å². The van der Waals surface area contributed by atoms with Gasteiger partial charge in [0.15, 0.2) is 0 Å². The molecule has 5 heteroatoms. The van der Waals surface area contributed by atoms with Crippen molar-refractivity contribution in [2.75, 3.05) is 0 Å². The van der Waals surface area contributed by atoms with E-state index in [1.54, 1.807) is 0 Å². The van der Waals surface area contributed by atoms with Gasteiger partial charge in [0.1, 0.15) is 5.69 Å². The van der Waals surface area contributed by atoms with Crippen LogP contribution in [0.25, 0.3) is 0 Å². The molecule has 2 aliphatic rings. The third kappa shape index (κ3) is 3.64. The van der Waals surface area contributed by atoms with Crippen LogP contribution in [0.15, 0.2) is 52.4 Å². The van der Waals surface area contributed by atoms with Gasteiger partial charge < -0.3 is 9.30 Å². The molecule has 0 aliphatic heterocycles. The molecule has 4 nitrogen and oxygen atoms in total. The first-order valence-corrected chi connectivity index (χ1v) is 9.15. The second-order valence-corrected chi connectivity index (χ2v) is 7.07. The lowest BCUT2D eigenvalue weighted by molar-refractivity contribution is -0.0364. The number of aliphatic imine (C=N–C) groups is 1. The van der Waals surface area contributed by atoms with Crippen LogP contribution in [0.3, 0.4) is 0 Å². The number of benzene rings is 1. The lowest BCUT2D eigenvalue weighted by atomic mass is 9.88. The molecule has 0 saturated heterocycles. The number of isothiocyanates is 1. The molecule has 2 fully saturated rings. The molecular formula is C20H20N2O2S. The Morgan fingerprint density at radius 2 is 2.00 bits per heavy atom. The summed E-state index contributed by atoms with van der Waals surface area (Å²) in [4.78, 5) is 16.6. The van der Waals surface area contributed by atoms with Gasteiger partial charge in [-0.2, -0.15) is 4.99 Å². The van der Waals surface area contributed by atoms with Gasteiger partial charge in [-0.25, -0.2) is 0 Å². The lowest BCUT2D eigenvalue weighted by Crippen LogP contribution is -2.38. The van der Waals surface area contributed by atoms with Gasteiger partial charge in [-0.15, -0.1) is 0 Å². The third-order valence-corrected chi connectivity index (χ3v) is 5.14. The summed E-state index contributed by atoms with van der Waals surface area (Å²) < 4.78 is 7.79. The van der Waals surface area contributed by atoms with E-state index in [0.717, 1.165) is 12.8 Å². The average Bonchev–Trinajstić information content (AvgIpc) is 3.42. The summed E-state index contributed by atoms with van der Waals surface area (Å²) in [6.07, 6.45) is 6.32. The molecule has 0 bridgehead atoms. The van der Waals surface area contributed by atoms with E-state index in [2.05, 4.69) is 34.5 Å². The van der Waals surface area contributed by atoms with Crippen LogP contribution >= 0.6 is 12.2 Å². The molecule has 0 radical (unpaired) electrons. The van der Waals surface area contributed by atoms with Crippen molar-refractivity contribution in [1.29, 1.82) is 0 Å². The summed E-state index contributed by atoms with van der Waals surface area (Å²) >= 11 is 4.68. The Labute approximate surface area is 152 Å². The van der Waals surface area contributed by atoms with Gasteiger partial charge in [0.05, 0.1) is 17.9 Å². The van der Waals surface area contributed by atoms with Gasteiger partial charge in [-0.1, -0.05) is 30.3 Å². The monoisotopic (exact) mass is 352 g/mol. The van der Waals surface area contributed by atoms with Gasteiger partial charge in [-0.05, 0) is 61.0 Å². The minimum atomic E-state index is -0.0757. The van der Waals surface area contributed by atoms with E-state index in [4.69, 9.17) is 4.74 Å². The summed E-state index contributed by atoms with van der Waals surface area (Å²) in [5.41, 5.74) is 2.70. The largest absolute Gasteiger partial charge is 0.373 e. The second kappa shape index (κ2) is 7.04. The number of thiocarbonyl (C=S) groups is 1.